The van der Waals surface area contributed by atoms with Crippen LogP contribution in [0.25, 0.3) is 0 Å². The van der Waals surface area contributed by atoms with E-state index in [1.165, 1.54) is 0 Å². The molecule has 5 heteroatoms. The molecule has 0 radical (unpaired) electrons. The molecule has 0 aromatic rings. The lowest BCUT2D eigenvalue weighted by Gasteiger charge is -2.25. The molecule has 14 heavy (non-hydrogen) atoms. The minimum Gasteiger partial charge on any atom is -0.350 e. The van der Waals surface area contributed by atoms with Crippen LogP contribution in [0.5, 0.6) is 0 Å². The summed E-state index contributed by atoms with van der Waals surface area (Å²) in [7, 11) is 0. The van der Waals surface area contributed by atoms with Crippen molar-refractivity contribution in [2.24, 2.45) is 11.1 Å². The summed E-state index contributed by atoms with van der Waals surface area (Å²) >= 11 is 0. The highest BCUT2D eigenvalue weighted by Gasteiger charge is 2.39. The van der Waals surface area contributed by atoms with Crippen LogP contribution in [0.4, 0.5) is 4.79 Å². The molecule has 0 bridgehead atoms. The van der Waals surface area contributed by atoms with E-state index >= 15 is 0 Å². The molecular formula is C9H17N3O2. The van der Waals surface area contributed by atoms with Gasteiger partial charge in [-0.15, -0.1) is 0 Å². The van der Waals surface area contributed by atoms with Crippen LogP contribution in [0, 0.1) is 5.41 Å². The summed E-state index contributed by atoms with van der Waals surface area (Å²) in [4.78, 5) is 22.1. The van der Waals surface area contributed by atoms with Crippen LogP contribution in [-0.4, -0.2) is 11.9 Å². The van der Waals surface area contributed by atoms with Gasteiger partial charge >= 0.3 is 6.03 Å². The van der Waals surface area contributed by atoms with Gasteiger partial charge in [0.15, 0.2) is 0 Å². The van der Waals surface area contributed by atoms with E-state index < -0.39 is 6.03 Å². The topological polar surface area (TPSA) is 84.2 Å². The summed E-state index contributed by atoms with van der Waals surface area (Å²) in [6.07, 6.45) is 4.76. The van der Waals surface area contributed by atoms with Crippen molar-refractivity contribution in [2.45, 2.75) is 39.0 Å². The van der Waals surface area contributed by atoms with Gasteiger partial charge in [-0.2, -0.15) is 0 Å². The lowest BCUT2D eigenvalue weighted by atomic mass is 9.83. The molecule has 5 nitrogen and oxygen atoms in total. The zero-order chi connectivity index (χ0) is 10.6. The molecule has 0 atom stereocenters. The molecule has 0 saturated heterocycles. The zero-order valence-corrected chi connectivity index (χ0v) is 8.43. The van der Waals surface area contributed by atoms with Gasteiger partial charge in [-0.25, -0.2) is 10.2 Å². The number of nitrogens with two attached hydrogens (primary N) is 1. The Morgan fingerprint density at radius 2 is 1.86 bits per heavy atom. The normalized spacial score (nSPS) is 18.9. The Kier molecular flexibility index (Phi) is 3.33. The van der Waals surface area contributed by atoms with Gasteiger partial charge in [-0.1, -0.05) is 19.8 Å². The van der Waals surface area contributed by atoms with Crippen LogP contribution < -0.4 is 16.6 Å². The van der Waals surface area contributed by atoms with Crippen molar-refractivity contribution in [1.29, 1.82) is 0 Å². The third-order valence-corrected chi connectivity index (χ3v) is 3.02. The average Bonchev–Trinajstić information content (AvgIpc) is 2.63. The molecule has 0 spiro atoms. The van der Waals surface area contributed by atoms with Crippen LogP contribution in [-0.2, 0) is 4.79 Å². The highest BCUT2D eigenvalue weighted by atomic mass is 16.2. The van der Waals surface area contributed by atoms with Gasteiger partial charge < -0.3 is 5.73 Å². The van der Waals surface area contributed by atoms with Crippen LogP contribution in [0.3, 0.4) is 0 Å². The molecule has 0 aromatic carbocycles. The first kappa shape index (κ1) is 10.8. The predicted octanol–water partition coefficient (Wildman–Crippen LogP) is 0.656. The Morgan fingerprint density at radius 3 is 2.29 bits per heavy atom. The lowest BCUT2D eigenvalue weighted by Crippen LogP contribution is -2.50. The Balaban J connectivity index is 2.52. The third kappa shape index (κ3) is 2.16. The van der Waals surface area contributed by atoms with Gasteiger partial charge in [-0.3, -0.25) is 10.2 Å². The number of amides is 3. The quantitative estimate of drug-likeness (QED) is 0.571. The fourth-order valence-electron chi connectivity index (χ4n) is 2.04. The molecule has 1 rings (SSSR count). The number of rotatable bonds is 2. The number of hydrazine groups is 1. The minimum absolute atomic E-state index is 0.115. The third-order valence-electron chi connectivity index (χ3n) is 3.02. The molecule has 0 aliphatic heterocycles. The summed E-state index contributed by atoms with van der Waals surface area (Å²) < 4.78 is 0. The fraction of sp³-hybridized carbons (Fsp3) is 0.778. The first-order valence-corrected chi connectivity index (χ1v) is 4.96. The Hall–Kier alpha value is -1.26. The molecule has 80 valence electrons. The molecule has 1 aliphatic carbocycles. The van der Waals surface area contributed by atoms with Crippen molar-refractivity contribution in [3.8, 4) is 0 Å². The van der Waals surface area contributed by atoms with Crippen LogP contribution in [0.2, 0.25) is 0 Å². The van der Waals surface area contributed by atoms with Crippen LogP contribution in [0.1, 0.15) is 39.0 Å². The zero-order valence-electron chi connectivity index (χ0n) is 8.43. The number of carbonyl (C=O) groups excluding carboxylic acids is 2. The van der Waals surface area contributed by atoms with Crippen molar-refractivity contribution in [2.75, 3.05) is 0 Å². The number of hydrogen-bond acceptors (Lipinski definition) is 2. The molecule has 0 unspecified atom stereocenters. The fourth-order valence-corrected chi connectivity index (χ4v) is 2.04. The first-order chi connectivity index (χ1) is 6.60. The van der Waals surface area contributed by atoms with Crippen molar-refractivity contribution >= 4 is 11.9 Å². The van der Waals surface area contributed by atoms with E-state index in [2.05, 4.69) is 10.9 Å². The highest BCUT2D eigenvalue weighted by molar-refractivity contribution is 5.85. The molecule has 1 aliphatic rings. The Morgan fingerprint density at radius 1 is 1.29 bits per heavy atom. The summed E-state index contributed by atoms with van der Waals surface area (Å²) in [6.45, 7) is 2.00. The summed E-state index contributed by atoms with van der Waals surface area (Å²) in [6, 6.07) is -0.734. The number of nitrogens with one attached hydrogen (secondary N) is 2. The summed E-state index contributed by atoms with van der Waals surface area (Å²) in [5.74, 6) is -0.115. The predicted molar refractivity (Wildman–Crippen MR) is 52.1 cm³/mol. The van der Waals surface area contributed by atoms with E-state index in [9.17, 15) is 9.59 Å². The van der Waals surface area contributed by atoms with Gasteiger partial charge in [0.1, 0.15) is 0 Å². The van der Waals surface area contributed by atoms with Gasteiger partial charge in [0, 0.05) is 0 Å². The molecule has 1 saturated carbocycles. The van der Waals surface area contributed by atoms with Crippen LogP contribution >= 0.6 is 0 Å². The number of urea groups is 1. The highest BCUT2D eigenvalue weighted by Crippen LogP contribution is 2.40. The van der Waals surface area contributed by atoms with Gasteiger partial charge in [0.2, 0.25) is 5.91 Å². The van der Waals surface area contributed by atoms with E-state index in [1.807, 2.05) is 6.92 Å². The van der Waals surface area contributed by atoms with E-state index in [4.69, 9.17) is 5.73 Å². The van der Waals surface area contributed by atoms with E-state index in [-0.39, 0.29) is 11.3 Å². The monoisotopic (exact) mass is 199 g/mol. The second kappa shape index (κ2) is 4.30. The largest absolute Gasteiger partial charge is 0.350 e. The Labute approximate surface area is 83.4 Å². The molecule has 3 amide bonds. The van der Waals surface area contributed by atoms with E-state index in [1.54, 1.807) is 0 Å². The second-order valence-electron chi connectivity index (χ2n) is 3.78. The maximum atomic E-state index is 11.7. The molecule has 0 aromatic heterocycles. The van der Waals surface area contributed by atoms with Crippen molar-refractivity contribution < 1.29 is 9.59 Å². The SMILES string of the molecule is CCC1(C(=O)NNC(N)=O)CCCC1. The molecule has 4 N–H and O–H groups in total. The van der Waals surface area contributed by atoms with Crippen molar-refractivity contribution in [3.63, 3.8) is 0 Å². The molecule has 0 heterocycles. The van der Waals surface area contributed by atoms with E-state index in [0.29, 0.717) is 0 Å². The maximum Gasteiger partial charge on any atom is 0.330 e. The van der Waals surface area contributed by atoms with Crippen molar-refractivity contribution in [1.82, 2.24) is 10.9 Å². The summed E-state index contributed by atoms with van der Waals surface area (Å²) in [5, 5.41) is 0. The number of carbonyl (C=O) groups is 2. The molecule has 1 fully saturated rings. The van der Waals surface area contributed by atoms with E-state index in [0.717, 1.165) is 32.1 Å². The lowest BCUT2D eigenvalue weighted by molar-refractivity contribution is -0.131. The van der Waals surface area contributed by atoms with Crippen LogP contribution in [0.15, 0.2) is 0 Å². The van der Waals surface area contributed by atoms with Gasteiger partial charge in [0.05, 0.1) is 5.41 Å². The average molecular weight is 199 g/mol. The number of hydrogen-bond donors (Lipinski definition) is 3. The standard InChI is InChI=1S/C9H17N3O2/c1-2-9(5-3-4-6-9)7(13)11-12-8(10)14/h2-6H2,1H3,(H,11,13)(H3,10,12,14). The smallest absolute Gasteiger partial charge is 0.330 e. The second-order valence-corrected chi connectivity index (χ2v) is 3.78. The van der Waals surface area contributed by atoms with Crippen molar-refractivity contribution in [3.05, 3.63) is 0 Å². The van der Waals surface area contributed by atoms with Gasteiger partial charge in [0.25, 0.3) is 0 Å². The molecular weight excluding hydrogens is 182 g/mol. The Bertz CT molecular complexity index is 234. The maximum absolute atomic E-state index is 11.7. The first-order valence-electron chi connectivity index (χ1n) is 4.96. The minimum atomic E-state index is -0.734. The number of primary amides is 1. The van der Waals surface area contributed by atoms with Gasteiger partial charge in [-0.05, 0) is 19.3 Å². The summed E-state index contributed by atoms with van der Waals surface area (Å²) in [5.41, 5.74) is 9.04.